The van der Waals surface area contributed by atoms with Crippen molar-refractivity contribution in [2.75, 3.05) is 4.90 Å². The molecule has 10 aromatic carbocycles. The molecule has 12 aromatic rings. The highest BCUT2D eigenvalue weighted by molar-refractivity contribution is 7.26. The van der Waals surface area contributed by atoms with Gasteiger partial charge in [-0.15, -0.1) is 22.7 Å². The minimum absolute atomic E-state index is 0.536. The fourth-order valence-corrected chi connectivity index (χ4v) is 13.3. The predicted octanol–water partition coefficient (Wildman–Crippen LogP) is 17.7. The number of hydrogen-bond donors (Lipinski definition) is 0. The average molecular weight is 864 g/mol. The SMILES string of the molecule is c1ccc(-c2cccc3sc4ccc(N(c5ccc6c(c5)Oc5ccccc5C65c6ccccc6-c6ccccc65)c5ccc6sc7cccc(-c8ccccc8)c7c6c5)cc4c23)cc1. The molecule has 2 aromatic heterocycles. The first-order valence-corrected chi connectivity index (χ1v) is 23.8. The summed E-state index contributed by atoms with van der Waals surface area (Å²) in [6.07, 6.45) is 0. The Morgan fingerprint density at radius 2 is 0.769 bits per heavy atom. The van der Waals surface area contributed by atoms with Crippen LogP contribution in [0.1, 0.15) is 22.3 Å². The molecule has 0 radical (unpaired) electrons. The van der Waals surface area contributed by atoms with E-state index in [9.17, 15) is 0 Å². The molecule has 0 saturated carbocycles. The van der Waals surface area contributed by atoms with Gasteiger partial charge in [-0.05, 0) is 105 Å². The number of rotatable bonds is 5. The van der Waals surface area contributed by atoms with Crippen molar-refractivity contribution in [2.24, 2.45) is 0 Å². The fraction of sp³-hybridized carbons (Fsp3) is 0.0164. The number of fused-ring (bicyclic) bond motifs is 15. The third kappa shape index (κ3) is 5.33. The van der Waals surface area contributed by atoms with Gasteiger partial charge in [0, 0.05) is 74.6 Å². The van der Waals surface area contributed by atoms with E-state index in [4.69, 9.17) is 4.74 Å². The number of thiophene rings is 2. The monoisotopic (exact) mass is 863 g/mol. The highest BCUT2D eigenvalue weighted by Gasteiger charge is 2.51. The van der Waals surface area contributed by atoms with Crippen LogP contribution >= 0.6 is 22.7 Å². The number of nitrogens with zero attached hydrogens (tertiary/aromatic N) is 1. The van der Waals surface area contributed by atoms with E-state index < -0.39 is 5.41 Å². The third-order valence-electron chi connectivity index (χ3n) is 13.7. The first kappa shape index (κ1) is 36.7. The molecule has 2 aliphatic rings. The zero-order valence-electron chi connectivity index (χ0n) is 35.0. The lowest BCUT2D eigenvalue weighted by Crippen LogP contribution is -2.32. The van der Waals surface area contributed by atoms with Gasteiger partial charge in [-0.3, -0.25) is 0 Å². The van der Waals surface area contributed by atoms with Crippen LogP contribution in [-0.2, 0) is 5.41 Å². The van der Waals surface area contributed by atoms with Crippen LogP contribution in [0.15, 0.2) is 224 Å². The first-order valence-electron chi connectivity index (χ1n) is 22.2. The number of para-hydroxylation sites is 1. The molecule has 3 heterocycles. The minimum atomic E-state index is -0.536. The molecule has 0 N–H and O–H groups in total. The van der Waals surface area contributed by atoms with Gasteiger partial charge in [-0.2, -0.15) is 0 Å². The van der Waals surface area contributed by atoms with Crippen molar-refractivity contribution in [1.82, 2.24) is 0 Å². The molecule has 304 valence electrons. The van der Waals surface area contributed by atoms with Gasteiger partial charge in [0.2, 0.25) is 0 Å². The van der Waals surface area contributed by atoms with Crippen LogP contribution < -0.4 is 9.64 Å². The van der Waals surface area contributed by atoms with E-state index in [2.05, 4.69) is 229 Å². The molecular formula is C61H37NOS2. The molecule has 0 saturated heterocycles. The Kier molecular flexibility index (Phi) is 7.97. The van der Waals surface area contributed by atoms with Crippen molar-refractivity contribution >= 4 is 80.1 Å². The molecule has 0 bridgehead atoms. The van der Waals surface area contributed by atoms with Crippen molar-refractivity contribution in [3.63, 3.8) is 0 Å². The lowest BCUT2D eigenvalue weighted by Gasteiger charge is -2.40. The van der Waals surface area contributed by atoms with Gasteiger partial charge in [0.1, 0.15) is 11.5 Å². The van der Waals surface area contributed by atoms with Crippen LogP contribution in [0.3, 0.4) is 0 Å². The Morgan fingerprint density at radius 3 is 1.34 bits per heavy atom. The van der Waals surface area contributed by atoms with E-state index in [0.29, 0.717) is 0 Å². The van der Waals surface area contributed by atoms with Crippen LogP contribution in [0.5, 0.6) is 11.5 Å². The van der Waals surface area contributed by atoms with Crippen LogP contribution in [0.25, 0.3) is 73.7 Å². The van der Waals surface area contributed by atoms with E-state index in [1.807, 2.05) is 22.7 Å². The lowest BCUT2D eigenvalue weighted by molar-refractivity contribution is 0.436. The Hall–Kier alpha value is -7.76. The van der Waals surface area contributed by atoms with Gasteiger partial charge < -0.3 is 9.64 Å². The number of ether oxygens (including phenoxy) is 1. The van der Waals surface area contributed by atoms with Crippen LogP contribution in [0.4, 0.5) is 17.1 Å². The molecule has 1 aliphatic heterocycles. The van der Waals surface area contributed by atoms with E-state index in [1.165, 1.54) is 90.4 Å². The highest BCUT2D eigenvalue weighted by Crippen LogP contribution is 2.62. The lowest BCUT2D eigenvalue weighted by atomic mass is 9.66. The summed E-state index contributed by atoms with van der Waals surface area (Å²) in [6, 6.07) is 82.5. The fourth-order valence-electron chi connectivity index (χ4n) is 11.1. The highest BCUT2D eigenvalue weighted by atomic mass is 32.1. The molecule has 0 unspecified atom stereocenters. The smallest absolute Gasteiger partial charge is 0.134 e. The maximum absolute atomic E-state index is 7.09. The molecule has 0 amide bonds. The van der Waals surface area contributed by atoms with Gasteiger partial charge >= 0.3 is 0 Å². The molecule has 1 aliphatic carbocycles. The van der Waals surface area contributed by atoms with Gasteiger partial charge in [-0.25, -0.2) is 0 Å². The second-order valence-electron chi connectivity index (χ2n) is 17.1. The summed E-state index contributed by atoms with van der Waals surface area (Å²) < 4.78 is 12.2. The quantitative estimate of drug-likeness (QED) is 0.171. The maximum atomic E-state index is 7.09. The van der Waals surface area contributed by atoms with Crippen molar-refractivity contribution in [1.29, 1.82) is 0 Å². The number of anilines is 3. The van der Waals surface area contributed by atoms with E-state index in [0.717, 1.165) is 34.1 Å². The summed E-state index contributed by atoms with van der Waals surface area (Å²) >= 11 is 3.72. The molecule has 2 nitrogen and oxygen atoms in total. The van der Waals surface area contributed by atoms with Gasteiger partial charge in [0.05, 0.1) is 5.41 Å². The number of hydrogen-bond acceptors (Lipinski definition) is 4. The molecule has 0 atom stereocenters. The van der Waals surface area contributed by atoms with E-state index in [-0.39, 0.29) is 0 Å². The second-order valence-corrected chi connectivity index (χ2v) is 19.3. The summed E-state index contributed by atoms with van der Waals surface area (Å²) in [7, 11) is 0. The van der Waals surface area contributed by atoms with E-state index in [1.54, 1.807) is 0 Å². The van der Waals surface area contributed by atoms with Crippen molar-refractivity contribution in [3.8, 4) is 44.9 Å². The van der Waals surface area contributed by atoms with Crippen molar-refractivity contribution in [2.45, 2.75) is 5.41 Å². The second kappa shape index (κ2) is 14.1. The van der Waals surface area contributed by atoms with Gasteiger partial charge in [0.25, 0.3) is 0 Å². The standard InChI is InChI=1S/C61H37NOS2/c1-3-15-38(16-4-1)43-21-13-27-57-59(43)47-35-40(30-33-55(47)64-57)62(41-31-34-56-48(36-41)60-44(22-14-28-58(60)65-56)39-17-5-2-6-18-39)42-29-32-52-54(37-42)63-53-26-12-11-25-51(53)61(52)49-23-9-7-19-45(49)46-20-8-10-24-50(46)61/h1-37H. The molecule has 14 rings (SSSR count). The van der Waals surface area contributed by atoms with Crippen LogP contribution in [-0.4, -0.2) is 0 Å². The van der Waals surface area contributed by atoms with Crippen LogP contribution in [0, 0.1) is 0 Å². The zero-order valence-corrected chi connectivity index (χ0v) is 36.7. The Balaban J connectivity index is 1.03. The van der Waals surface area contributed by atoms with Crippen molar-refractivity contribution in [3.05, 3.63) is 247 Å². The maximum Gasteiger partial charge on any atom is 0.134 e. The summed E-state index contributed by atoms with van der Waals surface area (Å²) in [5.41, 5.74) is 15.1. The molecule has 65 heavy (non-hydrogen) atoms. The Labute approximate surface area is 384 Å². The Morgan fingerprint density at radius 1 is 0.323 bits per heavy atom. The van der Waals surface area contributed by atoms with Crippen molar-refractivity contribution < 1.29 is 4.74 Å². The molecule has 1 spiro atoms. The topological polar surface area (TPSA) is 12.5 Å². The van der Waals surface area contributed by atoms with Gasteiger partial charge in [-0.1, -0.05) is 158 Å². The third-order valence-corrected chi connectivity index (χ3v) is 16.0. The zero-order chi connectivity index (χ0) is 42.6. The number of benzene rings is 10. The molecule has 0 fully saturated rings. The predicted molar refractivity (Wildman–Crippen MR) is 275 cm³/mol. The van der Waals surface area contributed by atoms with Crippen LogP contribution in [0.2, 0.25) is 0 Å². The normalized spacial score (nSPS) is 13.2. The van der Waals surface area contributed by atoms with E-state index >= 15 is 0 Å². The summed E-state index contributed by atoms with van der Waals surface area (Å²) in [6.45, 7) is 0. The molecule has 4 heteroatoms. The summed E-state index contributed by atoms with van der Waals surface area (Å²) in [5, 5.41) is 5.08. The summed E-state index contributed by atoms with van der Waals surface area (Å²) in [5.74, 6) is 1.74. The Bertz CT molecular complexity index is 3680. The average Bonchev–Trinajstić information content (AvgIpc) is 4.03. The first-order chi connectivity index (χ1) is 32.2. The summed E-state index contributed by atoms with van der Waals surface area (Å²) in [4.78, 5) is 2.44. The largest absolute Gasteiger partial charge is 0.457 e. The minimum Gasteiger partial charge on any atom is -0.457 e. The van der Waals surface area contributed by atoms with Gasteiger partial charge in [0.15, 0.2) is 0 Å². The molecular weight excluding hydrogens is 827 g/mol.